The third kappa shape index (κ3) is 6.35. The molecule has 0 saturated carbocycles. The van der Waals surface area contributed by atoms with E-state index in [2.05, 4.69) is 5.16 Å². The van der Waals surface area contributed by atoms with Crippen LogP contribution in [-0.2, 0) is 20.9 Å². The van der Waals surface area contributed by atoms with Crippen LogP contribution in [0.25, 0.3) is 6.08 Å². The molecule has 32 heavy (non-hydrogen) atoms. The molecule has 1 amide bonds. The predicted octanol–water partition coefficient (Wildman–Crippen LogP) is 3.84. The summed E-state index contributed by atoms with van der Waals surface area (Å²) in [5.41, 5.74) is 2.42. The summed E-state index contributed by atoms with van der Waals surface area (Å²) in [6, 6.07) is 5.33. The quantitative estimate of drug-likeness (QED) is 0.453. The number of hydrogen-bond acceptors (Lipinski definition) is 7. The molecular formula is C24H30N2O6. The summed E-state index contributed by atoms with van der Waals surface area (Å²) in [6.45, 7) is 5.24. The van der Waals surface area contributed by atoms with Crippen molar-refractivity contribution >= 4 is 18.0 Å². The Hall–Kier alpha value is -3.29. The first-order valence-corrected chi connectivity index (χ1v) is 10.8. The fourth-order valence-corrected chi connectivity index (χ4v) is 3.52. The van der Waals surface area contributed by atoms with Crippen molar-refractivity contribution < 1.29 is 28.3 Å². The Bertz CT molecular complexity index is 938. The van der Waals surface area contributed by atoms with Crippen molar-refractivity contribution in [1.82, 2.24) is 10.1 Å². The van der Waals surface area contributed by atoms with Crippen LogP contribution >= 0.6 is 0 Å². The number of ether oxygens (including phenoxy) is 3. The van der Waals surface area contributed by atoms with Gasteiger partial charge in [0.15, 0.2) is 18.1 Å². The van der Waals surface area contributed by atoms with Crippen molar-refractivity contribution in [2.24, 2.45) is 0 Å². The van der Waals surface area contributed by atoms with Gasteiger partial charge in [-0.15, -0.1) is 0 Å². The van der Waals surface area contributed by atoms with Crippen LogP contribution in [-0.4, -0.2) is 48.7 Å². The summed E-state index contributed by atoms with van der Waals surface area (Å²) in [5, 5.41) is 3.92. The molecule has 2 heterocycles. The molecule has 1 aromatic carbocycles. The number of carbonyl (C=O) groups excluding carboxylic acids is 2. The number of likely N-dealkylation sites (tertiary alicyclic amines) is 1. The molecule has 172 valence electrons. The minimum atomic E-state index is -0.564. The van der Waals surface area contributed by atoms with Crippen molar-refractivity contribution in [3.63, 3.8) is 0 Å². The molecule has 0 bridgehead atoms. The number of nitrogens with zero attached hydrogens (tertiary/aromatic N) is 2. The maximum absolute atomic E-state index is 12.2. The number of methoxy groups -OCH3 is 1. The zero-order valence-electron chi connectivity index (χ0n) is 18.9. The fourth-order valence-electron chi connectivity index (χ4n) is 3.52. The maximum Gasteiger partial charge on any atom is 0.331 e. The number of carbonyl (C=O) groups is 2. The van der Waals surface area contributed by atoms with Crippen molar-refractivity contribution in [2.75, 3.05) is 26.8 Å². The molecule has 8 heteroatoms. The smallest absolute Gasteiger partial charge is 0.331 e. The third-order valence-corrected chi connectivity index (χ3v) is 5.45. The van der Waals surface area contributed by atoms with E-state index in [0.29, 0.717) is 23.9 Å². The molecule has 0 radical (unpaired) electrons. The van der Waals surface area contributed by atoms with Crippen LogP contribution in [0.5, 0.6) is 11.5 Å². The number of aryl methyl sites for hydroxylation is 2. The lowest BCUT2D eigenvalue weighted by Gasteiger charge is -2.19. The van der Waals surface area contributed by atoms with Crippen molar-refractivity contribution in [1.29, 1.82) is 0 Å². The molecule has 1 aromatic heterocycles. The highest BCUT2D eigenvalue weighted by Gasteiger charge is 2.16. The van der Waals surface area contributed by atoms with E-state index < -0.39 is 5.97 Å². The Balaban J connectivity index is 1.53. The van der Waals surface area contributed by atoms with Crippen LogP contribution in [0.1, 0.15) is 48.3 Å². The highest BCUT2D eigenvalue weighted by atomic mass is 16.5. The second-order valence-corrected chi connectivity index (χ2v) is 7.74. The monoisotopic (exact) mass is 442 g/mol. The predicted molar refractivity (Wildman–Crippen MR) is 118 cm³/mol. The van der Waals surface area contributed by atoms with E-state index in [4.69, 9.17) is 18.7 Å². The normalized spacial score (nSPS) is 14.3. The molecule has 3 rings (SSSR count). The number of esters is 1. The highest BCUT2D eigenvalue weighted by Crippen LogP contribution is 2.30. The van der Waals surface area contributed by atoms with Gasteiger partial charge in [-0.1, -0.05) is 24.1 Å². The van der Waals surface area contributed by atoms with E-state index in [1.807, 2.05) is 13.8 Å². The van der Waals surface area contributed by atoms with E-state index in [1.165, 1.54) is 6.08 Å². The lowest BCUT2D eigenvalue weighted by molar-refractivity contribution is -0.148. The van der Waals surface area contributed by atoms with E-state index in [9.17, 15) is 9.59 Å². The average Bonchev–Trinajstić information content (AvgIpc) is 2.99. The SMILES string of the molecule is COc1cc(/C=C/C(=O)OCC(=O)N2CCCCCC2)ccc1OCc1c(C)noc1C. The standard InChI is InChI=1S/C24H30N2O6/c1-17-20(18(2)32-25-17)15-30-21-10-8-19(14-22(21)29-3)9-11-24(28)31-16-23(27)26-12-6-4-5-7-13-26/h8-11,14H,4-7,12-13,15-16H2,1-3H3/b11-9+. The molecule has 0 spiro atoms. The van der Waals surface area contributed by atoms with Gasteiger partial charge in [0.2, 0.25) is 0 Å². The molecule has 1 saturated heterocycles. The minimum absolute atomic E-state index is 0.143. The number of hydrogen-bond donors (Lipinski definition) is 0. The van der Waals surface area contributed by atoms with E-state index in [-0.39, 0.29) is 12.5 Å². The summed E-state index contributed by atoms with van der Waals surface area (Å²) in [5.74, 6) is 1.11. The van der Waals surface area contributed by atoms with E-state index >= 15 is 0 Å². The van der Waals surface area contributed by atoms with Crippen LogP contribution in [0, 0.1) is 13.8 Å². The molecule has 1 fully saturated rings. The Morgan fingerprint density at radius 1 is 1.12 bits per heavy atom. The molecule has 1 aliphatic heterocycles. The van der Waals surface area contributed by atoms with Gasteiger partial charge in [-0.25, -0.2) is 4.79 Å². The molecule has 1 aliphatic rings. The van der Waals surface area contributed by atoms with Gasteiger partial charge in [-0.3, -0.25) is 4.79 Å². The molecule has 8 nitrogen and oxygen atoms in total. The topological polar surface area (TPSA) is 91.1 Å². The second kappa shape index (κ2) is 11.4. The van der Waals surface area contributed by atoms with Gasteiger partial charge in [0, 0.05) is 19.2 Å². The minimum Gasteiger partial charge on any atom is -0.493 e. The van der Waals surface area contributed by atoms with Crippen LogP contribution in [0.3, 0.4) is 0 Å². The highest BCUT2D eigenvalue weighted by molar-refractivity contribution is 5.89. The lowest BCUT2D eigenvalue weighted by atomic mass is 10.2. The summed E-state index contributed by atoms with van der Waals surface area (Å²) in [6.07, 6.45) is 7.19. The summed E-state index contributed by atoms with van der Waals surface area (Å²) >= 11 is 0. The second-order valence-electron chi connectivity index (χ2n) is 7.74. The van der Waals surface area contributed by atoms with Gasteiger partial charge in [0.05, 0.1) is 18.4 Å². The first kappa shape index (κ1) is 23.4. The van der Waals surface area contributed by atoms with Gasteiger partial charge in [-0.2, -0.15) is 0 Å². The largest absolute Gasteiger partial charge is 0.493 e. The lowest BCUT2D eigenvalue weighted by Crippen LogP contribution is -2.35. The Morgan fingerprint density at radius 2 is 1.88 bits per heavy atom. The number of aromatic nitrogens is 1. The number of amides is 1. The van der Waals surface area contributed by atoms with Crippen molar-refractivity contribution in [2.45, 2.75) is 46.1 Å². The van der Waals surface area contributed by atoms with Gasteiger partial charge in [0.1, 0.15) is 12.4 Å². The van der Waals surface area contributed by atoms with Gasteiger partial charge >= 0.3 is 5.97 Å². The summed E-state index contributed by atoms with van der Waals surface area (Å²) in [7, 11) is 1.55. The zero-order valence-corrected chi connectivity index (χ0v) is 18.9. The molecule has 0 atom stereocenters. The Kier molecular flexibility index (Phi) is 8.30. The Labute approximate surface area is 188 Å². The Morgan fingerprint density at radius 3 is 2.53 bits per heavy atom. The third-order valence-electron chi connectivity index (χ3n) is 5.45. The average molecular weight is 443 g/mol. The number of rotatable bonds is 8. The maximum atomic E-state index is 12.2. The van der Waals surface area contributed by atoms with Crippen LogP contribution < -0.4 is 9.47 Å². The van der Waals surface area contributed by atoms with Crippen molar-refractivity contribution in [3.8, 4) is 11.5 Å². The van der Waals surface area contributed by atoms with E-state index in [1.54, 1.807) is 36.3 Å². The van der Waals surface area contributed by atoms with Gasteiger partial charge < -0.3 is 23.6 Å². The molecule has 0 N–H and O–H groups in total. The zero-order chi connectivity index (χ0) is 22.9. The first-order valence-electron chi connectivity index (χ1n) is 10.8. The van der Waals surface area contributed by atoms with Crippen LogP contribution in [0.4, 0.5) is 0 Å². The summed E-state index contributed by atoms with van der Waals surface area (Å²) in [4.78, 5) is 26.0. The van der Waals surface area contributed by atoms with Gasteiger partial charge in [-0.05, 0) is 50.5 Å². The van der Waals surface area contributed by atoms with Crippen LogP contribution in [0.15, 0.2) is 28.8 Å². The number of benzene rings is 1. The van der Waals surface area contributed by atoms with E-state index in [0.717, 1.165) is 55.6 Å². The first-order chi connectivity index (χ1) is 15.5. The fraction of sp³-hybridized carbons (Fsp3) is 0.458. The molecular weight excluding hydrogens is 412 g/mol. The molecule has 0 unspecified atom stereocenters. The van der Waals surface area contributed by atoms with Crippen LogP contribution in [0.2, 0.25) is 0 Å². The molecule has 2 aromatic rings. The molecule has 0 aliphatic carbocycles. The van der Waals surface area contributed by atoms with Crippen molar-refractivity contribution in [3.05, 3.63) is 46.9 Å². The van der Waals surface area contributed by atoms with Gasteiger partial charge in [0.25, 0.3) is 5.91 Å². The summed E-state index contributed by atoms with van der Waals surface area (Å²) < 4.78 is 21.5.